The summed E-state index contributed by atoms with van der Waals surface area (Å²) >= 11 is 0. The summed E-state index contributed by atoms with van der Waals surface area (Å²) < 4.78 is 0. The van der Waals surface area contributed by atoms with Crippen LogP contribution in [0.3, 0.4) is 0 Å². The molecule has 0 aliphatic heterocycles. The van der Waals surface area contributed by atoms with E-state index in [1.54, 1.807) is 0 Å². The van der Waals surface area contributed by atoms with E-state index in [0.29, 0.717) is 6.54 Å². The molecule has 0 N–H and O–H groups in total. The fraction of sp³-hybridized carbons (Fsp3) is 0.364. The van der Waals surface area contributed by atoms with Gasteiger partial charge in [-0.1, -0.05) is 37.3 Å². The fourth-order valence-electron chi connectivity index (χ4n) is 0.663. The molecule has 12 heavy (non-hydrogen) atoms. The summed E-state index contributed by atoms with van der Waals surface area (Å²) in [6.45, 7) is 12.1. The van der Waals surface area contributed by atoms with Gasteiger partial charge >= 0.3 is 0 Å². The van der Waals surface area contributed by atoms with Crippen LogP contribution in [0.15, 0.2) is 40.9 Å². The Bertz CT molecular complexity index is 209. The zero-order valence-corrected chi connectivity index (χ0v) is 8.01. The molecule has 66 valence electrons. The van der Waals surface area contributed by atoms with E-state index in [4.69, 9.17) is 0 Å². The molecule has 0 amide bonds. The molecule has 0 fully saturated rings. The molecule has 0 aromatic rings. The molecule has 0 aromatic heterocycles. The molecule has 0 rings (SSSR count). The van der Waals surface area contributed by atoms with Crippen LogP contribution in [-0.4, -0.2) is 13.3 Å². The lowest BCUT2D eigenvalue weighted by Gasteiger charge is -1.91. The smallest absolute Gasteiger partial charge is 0.0626 e. The predicted molar refractivity (Wildman–Crippen MR) is 56.7 cm³/mol. The molecule has 0 aliphatic carbocycles. The molecule has 0 aromatic carbocycles. The normalized spacial score (nSPS) is 12.0. The third-order valence-corrected chi connectivity index (χ3v) is 1.59. The maximum absolute atomic E-state index is 3.82. The maximum Gasteiger partial charge on any atom is 0.0626 e. The first-order valence-corrected chi connectivity index (χ1v) is 4.14. The van der Waals surface area contributed by atoms with Crippen molar-refractivity contribution < 1.29 is 0 Å². The summed E-state index contributed by atoms with van der Waals surface area (Å²) in [5.41, 5.74) is 2.36. The van der Waals surface area contributed by atoms with Crippen molar-refractivity contribution in [3.8, 4) is 0 Å². The molecule has 0 atom stereocenters. The Morgan fingerprint density at radius 3 is 2.67 bits per heavy atom. The molecule has 0 saturated carbocycles. The van der Waals surface area contributed by atoms with E-state index >= 15 is 0 Å². The van der Waals surface area contributed by atoms with Crippen molar-refractivity contribution >= 4 is 6.72 Å². The van der Waals surface area contributed by atoms with Gasteiger partial charge in [-0.2, -0.15) is 0 Å². The Morgan fingerprint density at radius 1 is 1.50 bits per heavy atom. The number of nitrogens with zero attached hydrogens (tertiary/aromatic N) is 1. The SMILES string of the molecule is C=NCC(=C)/C=C\C=C(/C)CC. The predicted octanol–water partition coefficient (Wildman–Crippen LogP) is 3.16. The third-order valence-electron chi connectivity index (χ3n) is 1.59. The van der Waals surface area contributed by atoms with E-state index in [2.05, 4.69) is 38.2 Å². The first kappa shape index (κ1) is 10.9. The average molecular weight is 163 g/mol. The van der Waals surface area contributed by atoms with Gasteiger partial charge < -0.3 is 0 Å². The molecular formula is C11H17N. The van der Waals surface area contributed by atoms with Crippen LogP contribution in [0.1, 0.15) is 20.3 Å². The summed E-state index contributed by atoms with van der Waals surface area (Å²) in [5, 5.41) is 0. The molecule has 0 heterocycles. The molecule has 0 saturated heterocycles. The Labute approximate surface area is 75.2 Å². The van der Waals surface area contributed by atoms with Gasteiger partial charge in [-0.15, -0.1) is 0 Å². The summed E-state index contributed by atoms with van der Waals surface area (Å²) in [7, 11) is 0. The number of hydrogen-bond acceptors (Lipinski definition) is 1. The quantitative estimate of drug-likeness (QED) is 0.436. The summed E-state index contributed by atoms with van der Waals surface area (Å²) in [6.07, 6.45) is 7.16. The lowest BCUT2D eigenvalue weighted by Crippen LogP contribution is -1.79. The van der Waals surface area contributed by atoms with Gasteiger partial charge in [-0.25, -0.2) is 0 Å². The van der Waals surface area contributed by atoms with Crippen molar-refractivity contribution in [1.29, 1.82) is 0 Å². The van der Waals surface area contributed by atoms with Crippen LogP contribution < -0.4 is 0 Å². The highest BCUT2D eigenvalue weighted by molar-refractivity contribution is 5.28. The van der Waals surface area contributed by atoms with Gasteiger partial charge in [0.05, 0.1) is 6.54 Å². The number of hydrogen-bond donors (Lipinski definition) is 0. The van der Waals surface area contributed by atoms with Gasteiger partial charge in [0.2, 0.25) is 0 Å². The lowest BCUT2D eigenvalue weighted by molar-refractivity contribution is 1.10. The second-order valence-corrected chi connectivity index (χ2v) is 2.77. The van der Waals surface area contributed by atoms with E-state index in [1.807, 2.05) is 12.2 Å². The van der Waals surface area contributed by atoms with Gasteiger partial charge in [-0.05, 0) is 25.6 Å². The Kier molecular flexibility index (Phi) is 5.98. The average Bonchev–Trinajstić information content (AvgIpc) is 2.04. The minimum atomic E-state index is 0.621. The van der Waals surface area contributed by atoms with Gasteiger partial charge in [-0.3, -0.25) is 4.99 Å². The van der Waals surface area contributed by atoms with Gasteiger partial charge in [0.15, 0.2) is 0 Å². The fourth-order valence-corrected chi connectivity index (χ4v) is 0.663. The number of rotatable bonds is 5. The van der Waals surface area contributed by atoms with Crippen molar-refractivity contribution in [2.45, 2.75) is 20.3 Å². The van der Waals surface area contributed by atoms with Crippen LogP contribution in [0.5, 0.6) is 0 Å². The van der Waals surface area contributed by atoms with Crippen molar-refractivity contribution in [3.05, 3.63) is 36.0 Å². The van der Waals surface area contributed by atoms with Gasteiger partial charge in [0.1, 0.15) is 0 Å². The molecule has 0 spiro atoms. The Hall–Kier alpha value is -1.11. The minimum absolute atomic E-state index is 0.621. The number of allylic oxidation sites excluding steroid dienone is 3. The molecule has 0 aliphatic rings. The van der Waals surface area contributed by atoms with E-state index in [9.17, 15) is 0 Å². The summed E-state index contributed by atoms with van der Waals surface area (Å²) in [5.74, 6) is 0. The Balaban J connectivity index is 3.90. The minimum Gasteiger partial charge on any atom is -0.296 e. The highest BCUT2D eigenvalue weighted by Crippen LogP contribution is 1.99. The van der Waals surface area contributed by atoms with E-state index in [-0.39, 0.29) is 0 Å². The standard InChI is InChI=1S/C11H17N/c1-5-10(2)7-6-8-11(3)9-12-4/h6-8H,3-5,9H2,1-2H3/b8-6-,10-7+. The van der Waals surface area contributed by atoms with Gasteiger partial charge in [0.25, 0.3) is 0 Å². The highest BCUT2D eigenvalue weighted by Gasteiger charge is 1.82. The van der Waals surface area contributed by atoms with Crippen LogP contribution in [0.2, 0.25) is 0 Å². The number of aliphatic imine (C=N–C) groups is 1. The largest absolute Gasteiger partial charge is 0.296 e. The Morgan fingerprint density at radius 2 is 2.17 bits per heavy atom. The summed E-state index contributed by atoms with van der Waals surface area (Å²) in [4.78, 5) is 3.73. The zero-order valence-electron chi connectivity index (χ0n) is 8.01. The van der Waals surface area contributed by atoms with Crippen LogP contribution in [0.25, 0.3) is 0 Å². The first-order valence-electron chi connectivity index (χ1n) is 4.14. The summed E-state index contributed by atoms with van der Waals surface area (Å²) in [6, 6.07) is 0. The topological polar surface area (TPSA) is 12.4 Å². The monoisotopic (exact) mass is 163 g/mol. The molecule has 1 heteroatoms. The van der Waals surface area contributed by atoms with Crippen LogP contribution in [0, 0.1) is 0 Å². The molecule has 1 nitrogen and oxygen atoms in total. The van der Waals surface area contributed by atoms with Crippen LogP contribution in [-0.2, 0) is 0 Å². The molecule has 0 bridgehead atoms. The lowest BCUT2D eigenvalue weighted by atomic mass is 10.2. The maximum atomic E-state index is 3.82. The highest BCUT2D eigenvalue weighted by atomic mass is 14.7. The zero-order chi connectivity index (χ0) is 9.40. The van der Waals surface area contributed by atoms with E-state index < -0.39 is 0 Å². The van der Waals surface area contributed by atoms with E-state index in [0.717, 1.165) is 12.0 Å². The van der Waals surface area contributed by atoms with E-state index in [1.165, 1.54) is 5.57 Å². The second-order valence-electron chi connectivity index (χ2n) is 2.77. The van der Waals surface area contributed by atoms with Crippen molar-refractivity contribution in [1.82, 2.24) is 0 Å². The molecule has 0 radical (unpaired) electrons. The first-order chi connectivity index (χ1) is 5.70. The van der Waals surface area contributed by atoms with Gasteiger partial charge in [0, 0.05) is 0 Å². The second kappa shape index (κ2) is 6.59. The van der Waals surface area contributed by atoms with Crippen LogP contribution in [0.4, 0.5) is 0 Å². The van der Waals surface area contributed by atoms with Crippen molar-refractivity contribution in [2.24, 2.45) is 4.99 Å². The van der Waals surface area contributed by atoms with Crippen LogP contribution >= 0.6 is 0 Å². The molecule has 0 unspecified atom stereocenters. The van der Waals surface area contributed by atoms with Crippen molar-refractivity contribution in [3.63, 3.8) is 0 Å². The van der Waals surface area contributed by atoms with Crippen molar-refractivity contribution in [2.75, 3.05) is 6.54 Å². The molecular weight excluding hydrogens is 146 g/mol. The third kappa shape index (κ3) is 5.66.